The van der Waals surface area contributed by atoms with Crippen LogP contribution in [0.2, 0.25) is 0 Å². The highest BCUT2D eigenvalue weighted by molar-refractivity contribution is 5.43. The van der Waals surface area contributed by atoms with Crippen molar-refractivity contribution >= 4 is 0 Å². The second kappa shape index (κ2) is 6.99. The molecule has 0 aromatic heterocycles. The Bertz CT molecular complexity index is 420. The molecule has 0 spiro atoms. The topological polar surface area (TPSA) is 0 Å². The lowest BCUT2D eigenvalue weighted by Gasteiger charge is -2.30. The Morgan fingerprint density at radius 3 is 1.57 bits per heavy atom. The van der Waals surface area contributed by atoms with Gasteiger partial charge in [0.1, 0.15) is 0 Å². The highest BCUT2D eigenvalue weighted by atomic mass is 14.3. The van der Waals surface area contributed by atoms with Gasteiger partial charge in [-0.05, 0) is 67.6 Å². The van der Waals surface area contributed by atoms with Gasteiger partial charge in [0.2, 0.25) is 0 Å². The number of hydrogen-bond acceptors (Lipinski definition) is 0. The Labute approximate surface area is 131 Å². The minimum Gasteiger partial charge on any atom is -0.0613 e. The first-order valence-corrected chi connectivity index (χ1v) is 9.43. The smallest absolute Gasteiger partial charge is 0.0159 e. The summed E-state index contributed by atoms with van der Waals surface area (Å²) in [5, 5.41) is 0. The van der Waals surface area contributed by atoms with E-state index in [1.807, 2.05) is 0 Å². The van der Waals surface area contributed by atoms with Crippen molar-refractivity contribution in [2.75, 3.05) is 0 Å². The van der Waals surface area contributed by atoms with Gasteiger partial charge in [0.15, 0.2) is 0 Å². The van der Waals surface area contributed by atoms with Gasteiger partial charge in [-0.15, -0.1) is 0 Å². The molecule has 0 bridgehead atoms. The molecule has 0 aliphatic heterocycles. The van der Waals surface area contributed by atoms with Crippen LogP contribution in [0.1, 0.15) is 105 Å². The second-order valence-electron chi connectivity index (χ2n) is 7.45. The number of hydrogen-bond donors (Lipinski definition) is 0. The van der Waals surface area contributed by atoms with Crippen LogP contribution in [0.4, 0.5) is 0 Å². The van der Waals surface area contributed by atoms with E-state index in [1.54, 1.807) is 16.7 Å². The van der Waals surface area contributed by atoms with Gasteiger partial charge >= 0.3 is 0 Å². The highest BCUT2D eigenvalue weighted by Gasteiger charge is 2.24. The summed E-state index contributed by atoms with van der Waals surface area (Å²) in [6.45, 7) is 4.70. The Hall–Kier alpha value is -0.780. The minimum absolute atomic E-state index is 0.857. The first-order chi connectivity index (χ1) is 10.3. The van der Waals surface area contributed by atoms with Crippen LogP contribution in [0.15, 0.2) is 12.1 Å². The molecule has 0 nitrogen and oxygen atoms in total. The molecule has 3 rings (SSSR count). The van der Waals surface area contributed by atoms with Crippen LogP contribution in [0.25, 0.3) is 0 Å². The lowest BCUT2D eigenvalue weighted by atomic mass is 9.75. The molecule has 0 heterocycles. The Morgan fingerprint density at radius 1 is 0.762 bits per heavy atom. The van der Waals surface area contributed by atoms with E-state index in [0.29, 0.717) is 0 Å². The zero-order valence-electron chi connectivity index (χ0n) is 14.1. The maximum atomic E-state index is 2.53. The zero-order chi connectivity index (χ0) is 14.7. The monoisotopic (exact) mass is 284 g/mol. The summed E-state index contributed by atoms with van der Waals surface area (Å²) in [5.41, 5.74) is 6.71. The third-order valence-electron chi connectivity index (χ3n) is 5.91. The van der Waals surface area contributed by atoms with E-state index < -0.39 is 0 Å². The number of rotatable bonds is 3. The second-order valence-corrected chi connectivity index (χ2v) is 7.45. The standard InChI is InChI=1S/C21H32/c1-3-19-20(17-10-6-4-7-11-17)14-16(2)15-21(19)18-12-8-5-9-13-18/h14-15,17-18H,3-13H2,1-2H3. The summed E-state index contributed by atoms with van der Waals surface area (Å²) < 4.78 is 0. The van der Waals surface area contributed by atoms with Gasteiger partial charge in [-0.2, -0.15) is 0 Å². The van der Waals surface area contributed by atoms with Crippen molar-refractivity contribution in [2.45, 2.75) is 96.3 Å². The molecule has 0 unspecified atom stereocenters. The van der Waals surface area contributed by atoms with Gasteiger partial charge in [-0.1, -0.05) is 63.1 Å². The van der Waals surface area contributed by atoms with E-state index in [1.165, 1.54) is 76.2 Å². The van der Waals surface area contributed by atoms with Crippen molar-refractivity contribution in [1.82, 2.24) is 0 Å². The third-order valence-corrected chi connectivity index (χ3v) is 5.91. The zero-order valence-corrected chi connectivity index (χ0v) is 14.1. The molecule has 2 aliphatic rings. The van der Waals surface area contributed by atoms with E-state index in [9.17, 15) is 0 Å². The van der Waals surface area contributed by atoms with Crippen molar-refractivity contribution in [3.05, 3.63) is 34.4 Å². The molecule has 0 N–H and O–H groups in total. The average molecular weight is 284 g/mol. The SMILES string of the molecule is CCc1c(C2CCCCC2)cc(C)cc1C1CCCCC1. The van der Waals surface area contributed by atoms with Crippen molar-refractivity contribution in [2.24, 2.45) is 0 Å². The molecule has 2 fully saturated rings. The summed E-state index contributed by atoms with van der Waals surface area (Å²) in [6.07, 6.45) is 15.7. The Morgan fingerprint density at radius 2 is 1.19 bits per heavy atom. The van der Waals surface area contributed by atoms with E-state index >= 15 is 0 Å². The molecular formula is C21H32. The van der Waals surface area contributed by atoms with Gasteiger partial charge in [0.05, 0.1) is 0 Å². The van der Waals surface area contributed by atoms with Crippen molar-refractivity contribution in [1.29, 1.82) is 0 Å². The lowest BCUT2D eigenvalue weighted by molar-refractivity contribution is 0.431. The summed E-state index contributed by atoms with van der Waals surface area (Å²) in [6, 6.07) is 5.06. The van der Waals surface area contributed by atoms with Crippen molar-refractivity contribution in [3.63, 3.8) is 0 Å². The molecule has 2 aliphatic carbocycles. The molecule has 2 saturated carbocycles. The molecule has 1 aromatic carbocycles. The van der Waals surface area contributed by atoms with E-state index in [-0.39, 0.29) is 0 Å². The van der Waals surface area contributed by atoms with Crippen LogP contribution in [-0.2, 0) is 6.42 Å². The molecular weight excluding hydrogens is 252 g/mol. The maximum absolute atomic E-state index is 2.53. The maximum Gasteiger partial charge on any atom is -0.0159 e. The van der Waals surface area contributed by atoms with E-state index in [4.69, 9.17) is 0 Å². The van der Waals surface area contributed by atoms with Crippen LogP contribution in [-0.4, -0.2) is 0 Å². The minimum atomic E-state index is 0.857. The molecule has 0 heteroatoms. The van der Waals surface area contributed by atoms with Gasteiger partial charge in [-0.25, -0.2) is 0 Å². The summed E-state index contributed by atoms with van der Waals surface area (Å²) in [5.74, 6) is 1.71. The molecule has 116 valence electrons. The fourth-order valence-electron chi connectivity index (χ4n) is 4.84. The summed E-state index contributed by atoms with van der Waals surface area (Å²) in [7, 11) is 0. The Balaban J connectivity index is 1.96. The largest absolute Gasteiger partial charge is 0.0613 e. The normalized spacial score (nSPS) is 21.6. The van der Waals surface area contributed by atoms with Crippen LogP contribution in [0, 0.1) is 6.92 Å². The van der Waals surface area contributed by atoms with E-state index in [0.717, 1.165) is 11.8 Å². The van der Waals surface area contributed by atoms with Gasteiger partial charge < -0.3 is 0 Å². The molecule has 0 atom stereocenters. The average Bonchev–Trinajstić information content (AvgIpc) is 2.55. The Kier molecular flexibility index (Phi) is 5.03. The first kappa shape index (κ1) is 15.1. The molecule has 21 heavy (non-hydrogen) atoms. The van der Waals surface area contributed by atoms with Crippen molar-refractivity contribution < 1.29 is 0 Å². The van der Waals surface area contributed by atoms with Crippen LogP contribution in [0.3, 0.4) is 0 Å². The van der Waals surface area contributed by atoms with Gasteiger partial charge in [0.25, 0.3) is 0 Å². The molecule has 0 amide bonds. The van der Waals surface area contributed by atoms with Crippen LogP contribution < -0.4 is 0 Å². The molecule has 1 aromatic rings. The third kappa shape index (κ3) is 3.35. The van der Waals surface area contributed by atoms with Crippen molar-refractivity contribution in [3.8, 4) is 0 Å². The molecule has 0 radical (unpaired) electrons. The van der Waals surface area contributed by atoms with Gasteiger partial charge in [-0.3, -0.25) is 0 Å². The summed E-state index contributed by atoms with van der Waals surface area (Å²) in [4.78, 5) is 0. The van der Waals surface area contributed by atoms with Crippen LogP contribution in [0.5, 0.6) is 0 Å². The predicted octanol–water partition coefficient (Wildman–Crippen LogP) is 6.65. The number of aryl methyl sites for hydroxylation is 1. The highest BCUT2D eigenvalue weighted by Crippen LogP contribution is 2.41. The predicted molar refractivity (Wildman–Crippen MR) is 92.2 cm³/mol. The first-order valence-electron chi connectivity index (χ1n) is 9.43. The summed E-state index contributed by atoms with van der Waals surface area (Å²) >= 11 is 0. The molecule has 0 saturated heterocycles. The fourth-order valence-corrected chi connectivity index (χ4v) is 4.84. The fraction of sp³-hybridized carbons (Fsp3) is 0.714. The van der Waals surface area contributed by atoms with Gasteiger partial charge in [0, 0.05) is 0 Å². The quantitative estimate of drug-likeness (QED) is 0.582. The number of benzene rings is 1. The lowest BCUT2D eigenvalue weighted by Crippen LogP contribution is -2.13. The van der Waals surface area contributed by atoms with Crippen LogP contribution >= 0.6 is 0 Å². The van der Waals surface area contributed by atoms with E-state index in [2.05, 4.69) is 26.0 Å².